The third kappa shape index (κ3) is 2.68. The largest absolute Gasteiger partial charge is 0.291 e. The van der Waals surface area contributed by atoms with Gasteiger partial charge < -0.3 is 0 Å². The number of aryl methyl sites for hydroxylation is 1. The van der Waals surface area contributed by atoms with Gasteiger partial charge in [0.05, 0.1) is 4.92 Å². The normalized spacial score (nSPS) is 10.2. The molecule has 0 saturated heterocycles. The molecule has 2 aromatic rings. The summed E-state index contributed by atoms with van der Waals surface area (Å²) in [5.74, 6) is -0.215. The summed E-state index contributed by atoms with van der Waals surface area (Å²) in [6.07, 6.45) is 1.29. The van der Waals surface area contributed by atoms with Crippen molar-refractivity contribution in [2.45, 2.75) is 0 Å². The van der Waals surface area contributed by atoms with E-state index in [9.17, 15) is 14.9 Å². The Bertz CT molecular complexity index is 654. The molecule has 0 saturated carbocycles. The molecule has 8 nitrogen and oxygen atoms in total. The summed E-state index contributed by atoms with van der Waals surface area (Å²) in [6.45, 7) is 0. The molecule has 0 aliphatic heterocycles. The van der Waals surface area contributed by atoms with E-state index in [0.29, 0.717) is 0 Å². The van der Waals surface area contributed by atoms with Crippen molar-refractivity contribution in [3.63, 3.8) is 0 Å². The van der Waals surface area contributed by atoms with E-state index in [1.807, 2.05) is 0 Å². The number of amides is 1. The first-order chi connectivity index (χ1) is 8.99. The molecule has 0 aliphatic carbocycles. The number of anilines is 1. The van der Waals surface area contributed by atoms with Crippen LogP contribution < -0.4 is 5.32 Å². The van der Waals surface area contributed by atoms with Gasteiger partial charge in [-0.3, -0.25) is 20.2 Å². The lowest BCUT2D eigenvalue weighted by Crippen LogP contribution is -2.15. The number of hydrogen-bond donors (Lipinski definition) is 1. The summed E-state index contributed by atoms with van der Waals surface area (Å²) in [5.41, 5.74) is -0.0597. The minimum absolute atomic E-state index is 0.101. The molecule has 0 unspecified atom stereocenters. The highest BCUT2D eigenvalue weighted by atomic mass is 35.5. The summed E-state index contributed by atoms with van der Waals surface area (Å²) in [6, 6.07) is 3.72. The highest BCUT2D eigenvalue weighted by Crippen LogP contribution is 2.25. The fraction of sp³-hybridized carbons (Fsp3) is 0.100. The zero-order valence-electron chi connectivity index (χ0n) is 9.70. The molecule has 1 N–H and O–H groups in total. The van der Waals surface area contributed by atoms with Crippen LogP contribution >= 0.6 is 11.6 Å². The molecule has 19 heavy (non-hydrogen) atoms. The number of benzene rings is 1. The molecule has 0 bridgehead atoms. The van der Waals surface area contributed by atoms with E-state index in [-0.39, 0.29) is 22.2 Å². The molecule has 0 fully saturated rings. The predicted molar refractivity (Wildman–Crippen MR) is 67.1 cm³/mol. The molecule has 1 aromatic carbocycles. The summed E-state index contributed by atoms with van der Waals surface area (Å²) in [4.78, 5) is 25.7. The fourth-order valence-corrected chi connectivity index (χ4v) is 1.63. The van der Waals surface area contributed by atoms with Crippen molar-refractivity contribution in [3.8, 4) is 0 Å². The Hall–Kier alpha value is -2.48. The van der Waals surface area contributed by atoms with Crippen LogP contribution in [-0.4, -0.2) is 25.6 Å². The smallest absolute Gasteiger partial charge is 0.287 e. The second-order valence-electron chi connectivity index (χ2n) is 3.58. The van der Waals surface area contributed by atoms with Crippen LogP contribution in [0.4, 0.5) is 11.6 Å². The number of nitrogens with zero attached hydrogens (tertiary/aromatic N) is 4. The van der Waals surface area contributed by atoms with Crippen LogP contribution in [0.2, 0.25) is 5.02 Å². The number of carbonyl (C=O) groups excluding carboxylic acids is 1. The topological polar surface area (TPSA) is 103 Å². The van der Waals surface area contributed by atoms with E-state index in [1.165, 1.54) is 29.2 Å². The number of nitro benzene ring substituents is 1. The standard InChI is InChI=1S/C10H8ClN5O3/c1-15-10(12-5-13-15)14-9(17)6-2-3-8(16(18)19)7(11)4-6/h2-5H,1H3,(H,12,13,14,17). The lowest BCUT2D eigenvalue weighted by atomic mass is 10.2. The minimum atomic E-state index is -0.618. The molecule has 0 spiro atoms. The highest BCUT2D eigenvalue weighted by molar-refractivity contribution is 6.33. The van der Waals surface area contributed by atoms with E-state index < -0.39 is 10.8 Å². The molecular formula is C10H8ClN5O3. The van der Waals surface area contributed by atoms with E-state index in [4.69, 9.17) is 11.6 Å². The Balaban J connectivity index is 2.23. The molecule has 98 valence electrons. The Morgan fingerprint density at radius 3 is 2.79 bits per heavy atom. The Kier molecular flexibility index (Phi) is 3.43. The Morgan fingerprint density at radius 2 is 2.26 bits per heavy atom. The maximum atomic E-state index is 11.9. The van der Waals surface area contributed by atoms with Crippen LogP contribution in [0, 0.1) is 10.1 Å². The lowest BCUT2D eigenvalue weighted by molar-refractivity contribution is -0.384. The number of hydrogen-bond acceptors (Lipinski definition) is 5. The SMILES string of the molecule is Cn1ncnc1NC(=O)c1ccc([N+](=O)[O-])c(Cl)c1. The van der Waals surface area contributed by atoms with Crippen molar-refractivity contribution in [2.24, 2.45) is 7.05 Å². The summed E-state index contributed by atoms with van der Waals surface area (Å²) < 4.78 is 1.38. The second-order valence-corrected chi connectivity index (χ2v) is 3.99. The number of rotatable bonds is 3. The number of nitrogens with one attached hydrogen (secondary N) is 1. The van der Waals surface area contributed by atoms with Crippen LogP contribution in [0.5, 0.6) is 0 Å². The predicted octanol–water partition coefficient (Wildman–Crippen LogP) is 1.63. The van der Waals surface area contributed by atoms with Crippen LogP contribution in [0.25, 0.3) is 0 Å². The zero-order valence-corrected chi connectivity index (χ0v) is 10.5. The number of halogens is 1. The molecule has 0 radical (unpaired) electrons. The maximum Gasteiger partial charge on any atom is 0.287 e. The summed E-state index contributed by atoms with van der Waals surface area (Å²) >= 11 is 5.73. The number of carbonyl (C=O) groups is 1. The van der Waals surface area contributed by atoms with Gasteiger partial charge >= 0.3 is 0 Å². The van der Waals surface area contributed by atoms with Crippen molar-refractivity contribution >= 4 is 29.1 Å². The average molecular weight is 282 g/mol. The van der Waals surface area contributed by atoms with E-state index in [2.05, 4.69) is 15.4 Å². The van der Waals surface area contributed by atoms with Crippen molar-refractivity contribution < 1.29 is 9.72 Å². The monoisotopic (exact) mass is 281 g/mol. The zero-order chi connectivity index (χ0) is 14.0. The summed E-state index contributed by atoms with van der Waals surface area (Å²) in [5, 5.41) is 16.8. The molecule has 9 heteroatoms. The van der Waals surface area contributed by atoms with Gasteiger partial charge in [-0.25, -0.2) is 4.68 Å². The van der Waals surface area contributed by atoms with Crippen LogP contribution in [0.15, 0.2) is 24.5 Å². The quantitative estimate of drug-likeness (QED) is 0.680. The van der Waals surface area contributed by atoms with Crippen molar-refractivity contribution in [1.82, 2.24) is 14.8 Å². The third-order valence-corrected chi connectivity index (χ3v) is 2.65. The molecule has 2 rings (SSSR count). The van der Waals surface area contributed by atoms with Gasteiger partial charge in [0.1, 0.15) is 11.3 Å². The van der Waals surface area contributed by atoms with Gasteiger partial charge in [0.2, 0.25) is 5.95 Å². The molecule has 1 aromatic heterocycles. The van der Waals surface area contributed by atoms with Gasteiger partial charge in [0.15, 0.2) is 0 Å². The molecule has 0 atom stereocenters. The molecular weight excluding hydrogens is 274 g/mol. The van der Waals surface area contributed by atoms with Gasteiger partial charge in [-0.05, 0) is 12.1 Å². The Morgan fingerprint density at radius 1 is 1.53 bits per heavy atom. The van der Waals surface area contributed by atoms with Gasteiger partial charge in [-0.15, -0.1) is 0 Å². The minimum Gasteiger partial charge on any atom is -0.291 e. The first-order valence-electron chi connectivity index (χ1n) is 5.08. The number of nitro groups is 1. The fourth-order valence-electron chi connectivity index (χ4n) is 1.38. The number of aromatic nitrogens is 3. The van der Waals surface area contributed by atoms with Crippen LogP contribution in [0.1, 0.15) is 10.4 Å². The van der Waals surface area contributed by atoms with Gasteiger partial charge in [-0.2, -0.15) is 10.1 Å². The lowest BCUT2D eigenvalue weighted by Gasteiger charge is -2.04. The van der Waals surface area contributed by atoms with Crippen LogP contribution in [0.3, 0.4) is 0 Å². The average Bonchev–Trinajstić information content (AvgIpc) is 2.74. The van der Waals surface area contributed by atoms with Crippen molar-refractivity contribution in [2.75, 3.05) is 5.32 Å². The van der Waals surface area contributed by atoms with E-state index in [0.717, 1.165) is 0 Å². The van der Waals surface area contributed by atoms with Gasteiger partial charge in [0, 0.05) is 18.7 Å². The van der Waals surface area contributed by atoms with Crippen molar-refractivity contribution in [3.05, 3.63) is 45.2 Å². The Labute approximate surface area is 112 Å². The first kappa shape index (κ1) is 13.0. The summed E-state index contributed by atoms with van der Waals surface area (Å²) in [7, 11) is 1.62. The van der Waals surface area contributed by atoms with Crippen LogP contribution in [-0.2, 0) is 7.05 Å². The first-order valence-corrected chi connectivity index (χ1v) is 5.46. The van der Waals surface area contributed by atoms with Crippen molar-refractivity contribution in [1.29, 1.82) is 0 Å². The van der Waals surface area contributed by atoms with E-state index >= 15 is 0 Å². The third-order valence-electron chi connectivity index (χ3n) is 2.34. The van der Waals surface area contributed by atoms with E-state index in [1.54, 1.807) is 7.05 Å². The molecule has 1 heterocycles. The molecule has 1 amide bonds. The molecule has 0 aliphatic rings. The second kappa shape index (κ2) is 5.02. The van der Waals surface area contributed by atoms with Gasteiger partial charge in [-0.1, -0.05) is 11.6 Å². The van der Waals surface area contributed by atoms with Gasteiger partial charge in [0.25, 0.3) is 11.6 Å². The highest BCUT2D eigenvalue weighted by Gasteiger charge is 2.16. The maximum absolute atomic E-state index is 11.9.